The van der Waals surface area contributed by atoms with Crippen molar-refractivity contribution in [3.05, 3.63) is 88.6 Å². The number of carbonyl (C=O) groups is 2. The van der Waals surface area contributed by atoms with Gasteiger partial charge in [0.25, 0.3) is 0 Å². The molecule has 3 aromatic rings. The molecule has 0 bridgehead atoms. The van der Waals surface area contributed by atoms with Gasteiger partial charge in [-0.05, 0) is 67.4 Å². The van der Waals surface area contributed by atoms with Crippen LogP contribution in [0, 0.1) is 17.8 Å². The van der Waals surface area contributed by atoms with Crippen LogP contribution in [0.5, 0.6) is 0 Å². The maximum Gasteiger partial charge on any atom is 0.416 e. The van der Waals surface area contributed by atoms with Gasteiger partial charge in [-0.3, -0.25) is 9.69 Å². The van der Waals surface area contributed by atoms with Gasteiger partial charge in [0.05, 0.1) is 12.0 Å². The van der Waals surface area contributed by atoms with Crippen LogP contribution < -0.4 is 10.6 Å². The van der Waals surface area contributed by atoms with Crippen LogP contribution in [0.2, 0.25) is 0 Å². The number of nitrogens with one attached hydrogen (secondary N) is 2. The Morgan fingerprint density at radius 2 is 1.67 bits per heavy atom. The summed E-state index contributed by atoms with van der Waals surface area (Å²) in [5.41, 5.74) is 1.91. The van der Waals surface area contributed by atoms with Crippen molar-refractivity contribution in [3.63, 3.8) is 0 Å². The third-order valence-corrected chi connectivity index (χ3v) is 7.19. The van der Waals surface area contributed by atoms with E-state index in [1.54, 1.807) is 37.5 Å². The van der Waals surface area contributed by atoms with Gasteiger partial charge < -0.3 is 20.3 Å². The van der Waals surface area contributed by atoms with E-state index < -0.39 is 11.7 Å². The third-order valence-electron chi connectivity index (χ3n) is 7.19. The largest absolute Gasteiger partial charge is 0.416 e. The van der Waals surface area contributed by atoms with Crippen LogP contribution in [0.1, 0.15) is 40.7 Å². The van der Waals surface area contributed by atoms with Gasteiger partial charge in [-0.15, -0.1) is 0 Å². The van der Waals surface area contributed by atoms with Crippen molar-refractivity contribution in [2.75, 3.05) is 50.9 Å². The lowest BCUT2D eigenvalue weighted by molar-refractivity contribution is -0.138. The Labute approximate surface area is 250 Å². The molecular weight excluding hydrogens is 555 g/mol. The summed E-state index contributed by atoms with van der Waals surface area (Å²) in [4.78, 5) is 30.5. The van der Waals surface area contributed by atoms with Crippen molar-refractivity contribution < 1.29 is 22.8 Å². The van der Waals surface area contributed by atoms with Crippen LogP contribution in [0.4, 0.5) is 24.7 Å². The molecule has 1 aliphatic heterocycles. The van der Waals surface area contributed by atoms with Gasteiger partial charge in [0.1, 0.15) is 12.1 Å². The quantitative estimate of drug-likeness (QED) is 0.295. The summed E-state index contributed by atoms with van der Waals surface area (Å²) >= 11 is 0. The fourth-order valence-corrected chi connectivity index (χ4v) is 4.39. The molecule has 0 spiro atoms. The van der Waals surface area contributed by atoms with Crippen molar-refractivity contribution >= 4 is 23.7 Å². The van der Waals surface area contributed by atoms with Crippen LogP contribution in [-0.2, 0) is 28.7 Å². The van der Waals surface area contributed by atoms with E-state index in [-0.39, 0.29) is 30.1 Å². The summed E-state index contributed by atoms with van der Waals surface area (Å²) in [7, 11) is 3.80. The maximum absolute atomic E-state index is 13.8. The molecule has 2 N–H and O–H groups in total. The van der Waals surface area contributed by atoms with Crippen molar-refractivity contribution in [1.82, 2.24) is 14.8 Å². The fourth-order valence-electron chi connectivity index (χ4n) is 4.39. The van der Waals surface area contributed by atoms with Gasteiger partial charge in [0.2, 0.25) is 5.91 Å². The van der Waals surface area contributed by atoms with Crippen LogP contribution in [0.15, 0.2) is 60.8 Å². The number of aldehydes is 1. The minimum atomic E-state index is -4.51. The Balaban J connectivity index is 0.000000767. The molecule has 0 radical (unpaired) electrons. The smallest absolute Gasteiger partial charge is 0.373 e. The highest BCUT2D eigenvalue weighted by Gasteiger charge is 2.34. The number of benzene rings is 2. The monoisotopic (exact) mass is 591 g/mol. The second-order valence-corrected chi connectivity index (χ2v) is 10.8. The summed E-state index contributed by atoms with van der Waals surface area (Å²) in [6.07, 6.45) is 0.520. The Hall–Kier alpha value is -4.20. The zero-order chi connectivity index (χ0) is 30.8. The number of piperazine rings is 1. The van der Waals surface area contributed by atoms with Crippen LogP contribution in [0.3, 0.4) is 0 Å². The first kappa shape index (κ1) is 31.7. The molecule has 1 saturated heterocycles. The number of halogens is 3. The first-order valence-corrected chi connectivity index (χ1v) is 14.2. The maximum atomic E-state index is 13.8. The first-order valence-electron chi connectivity index (χ1n) is 14.2. The summed E-state index contributed by atoms with van der Waals surface area (Å²) in [6, 6.07) is 14.9. The zero-order valence-corrected chi connectivity index (χ0v) is 24.4. The molecule has 2 aliphatic rings. The van der Waals surface area contributed by atoms with Crippen molar-refractivity contribution in [2.24, 2.45) is 5.92 Å². The predicted octanol–water partition coefficient (Wildman–Crippen LogP) is 5.07. The van der Waals surface area contributed by atoms with E-state index in [2.05, 4.69) is 32.4 Å². The Bertz CT molecular complexity index is 1430. The number of carbonyl (C=O) groups excluding carboxylic acids is 2. The molecule has 2 aromatic carbocycles. The van der Waals surface area contributed by atoms with E-state index in [1.165, 1.54) is 12.1 Å². The molecule has 7 nitrogen and oxygen atoms in total. The molecule has 43 heavy (non-hydrogen) atoms. The standard InChI is InChI=1S/C29H30F3N5O.C4H6O/c1-33-27-12-9-23(19-34-27)8-5-21-3-6-22(7-4-21)17-28(38)35-25-11-10-24(26(18-25)29(30,31)32)20-37-15-13-36(2)14-16-37;5-3-4-1-2-4/h3-4,6-7,9-12,18-19H,13-17,20H2,1-2H3,(H,33,34)(H,35,38);3-4H,1-2H2. The highest BCUT2D eigenvalue weighted by Crippen LogP contribution is 2.34. The number of likely N-dealkylation sites (N-methyl/N-ethyl adjacent to an activating group) is 1. The number of pyridine rings is 1. The summed E-state index contributed by atoms with van der Waals surface area (Å²) in [5, 5.41) is 5.56. The molecule has 2 fully saturated rings. The molecule has 1 aromatic heterocycles. The van der Waals surface area contributed by atoms with Gasteiger partial charge in [-0.25, -0.2) is 4.98 Å². The van der Waals surface area contributed by atoms with Crippen molar-refractivity contribution in [3.8, 4) is 11.8 Å². The highest BCUT2D eigenvalue weighted by molar-refractivity contribution is 5.92. The van der Waals surface area contributed by atoms with E-state index >= 15 is 0 Å². The molecule has 226 valence electrons. The molecule has 5 rings (SSSR count). The minimum absolute atomic E-state index is 0.0352. The van der Waals surface area contributed by atoms with Crippen LogP contribution in [-0.4, -0.2) is 67.3 Å². The number of anilines is 2. The average Bonchev–Trinajstić information content (AvgIpc) is 3.84. The Morgan fingerprint density at radius 3 is 2.23 bits per heavy atom. The minimum Gasteiger partial charge on any atom is -0.373 e. The van der Waals surface area contributed by atoms with E-state index in [0.717, 1.165) is 73.9 Å². The van der Waals surface area contributed by atoms with Crippen LogP contribution >= 0.6 is 0 Å². The molecular formula is C33H36F3N5O2. The number of rotatable bonds is 7. The van der Waals surface area contributed by atoms with Gasteiger partial charge >= 0.3 is 6.18 Å². The number of hydrogen-bond acceptors (Lipinski definition) is 6. The number of nitrogens with zero attached hydrogens (tertiary/aromatic N) is 3. The number of aromatic nitrogens is 1. The molecule has 0 atom stereocenters. The molecule has 2 heterocycles. The second kappa shape index (κ2) is 14.8. The van der Waals surface area contributed by atoms with Gasteiger partial charge in [-0.1, -0.05) is 30.0 Å². The fraction of sp³-hybridized carbons (Fsp3) is 0.364. The topological polar surface area (TPSA) is 77.6 Å². The second-order valence-electron chi connectivity index (χ2n) is 10.8. The molecule has 1 aliphatic carbocycles. The number of amides is 1. The summed E-state index contributed by atoms with van der Waals surface area (Å²) in [5.74, 6) is 6.91. The summed E-state index contributed by atoms with van der Waals surface area (Å²) < 4.78 is 41.4. The Morgan fingerprint density at radius 1 is 1.00 bits per heavy atom. The summed E-state index contributed by atoms with van der Waals surface area (Å²) in [6.45, 7) is 3.32. The molecule has 1 saturated carbocycles. The first-order chi connectivity index (χ1) is 20.6. The highest BCUT2D eigenvalue weighted by atomic mass is 19.4. The third kappa shape index (κ3) is 10.2. The van der Waals surface area contributed by atoms with Crippen molar-refractivity contribution in [2.45, 2.75) is 32.0 Å². The molecule has 0 unspecified atom stereocenters. The molecule has 1 amide bonds. The van der Waals surface area contributed by atoms with Gasteiger partial charge in [0, 0.05) is 68.7 Å². The van der Waals surface area contributed by atoms with Gasteiger partial charge in [0.15, 0.2) is 0 Å². The van der Waals surface area contributed by atoms with E-state index in [0.29, 0.717) is 5.92 Å². The normalized spacial score (nSPS) is 15.4. The zero-order valence-electron chi connectivity index (χ0n) is 24.4. The Kier molecular flexibility index (Phi) is 10.9. The average molecular weight is 592 g/mol. The lowest BCUT2D eigenvalue weighted by Crippen LogP contribution is -2.44. The van der Waals surface area contributed by atoms with Crippen molar-refractivity contribution in [1.29, 1.82) is 0 Å². The van der Waals surface area contributed by atoms with E-state index in [1.807, 2.05) is 24.1 Å². The lowest BCUT2D eigenvalue weighted by atomic mass is 10.0. The lowest BCUT2D eigenvalue weighted by Gasteiger charge is -2.33. The van der Waals surface area contributed by atoms with Crippen LogP contribution in [0.25, 0.3) is 0 Å². The number of alkyl halides is 3. The van der Waals surface area contributed by atoms with Gasteiger partial charge in [-0.2, -0.15) is 13.2 Å². The SMILES string of the molecule is CNc1ccc(C#Cc2ccc(CC(=O)Nc3ccc(CN4CCN(C)CC4)c(C(F)(F)F)c3)cc2)cn1.O=CC1CC1. The van der Waals surface area contributed by atoms with E-state index in [9.17, 15) is 22.8 Å². The molecule has 10 heteroatoms. The predicted molar refractivity (Wildman–Crippen MR) is 162 cm³/mol. The van der Waals surface area contributed by atoms with E-state index in [4.69, 9.17) is 0 Å². The number of hydrogen-bond donors (Lipinski definition) is 2.